The van der Waals surface area contributed by atoms with Crippen molar-refractivity contribution in [2.75, 3.05) is 0 Å². The fraction of sp³-hybridized carbons (Fsp3) is 0.222. The number of alkyl halides is 2. The highest BCUT2D eigenvalue weighted by molar-refractivity contribution is 9.10. The minimum Gasteiger partial charge on any atom is -0.287 e. The van der Waals surface area contributed by atoms with Crippen molar-refractivity contribution in [2.24, 2.45) is 0 Å². The molecule has 0 N–H and O–H groups in total. The fourth-order valence-corrected chi connectivity index (χ4v) is 2.07. The van der Waals surface area contributed by atoms with Gasteiger partial charge >= 0.3 is 5.92 Å². The van der Waals surface area contributed by atoms with Crippen molar-refractivity contribution in [2.45, 2.75) is 12.3 Å². The van der Waals surface area contributed by atoms with Gasteiger partial charge in [0.1, 0.15) is 0 Å². The lowest BCUT2D eigenvalue weighted by Crippen LogP contribution is -2.24. The van der Waals surface area contributed by atoms with Crippen LogP contribution in [0.3, 0.4) is 0 Å². The first-order chi connectivity index (χ1) is 6.84. The van der Waals surface area contributed by atoms with Crippen molar-refractivity contribution >= 4 is 21.7 Å². The predicted octanol–water partition coefficient (Wildman–Crippen LogP) is 3.10. The first kappa shape index (κ1) is 10.6. The molecule has 0 atom stereocenters. The third-order valence-corrected chi connectivity index (χ3v) is 2.94. The monoisotopic (exact) mass is 282 g/mol. The molecule has 80 valence electrons. The first-order valence-electron chi connectivity index (χ1n) is 3.93. The smallest absolute Gasteiger partial charge is 0.287 e. The molecule has 1 aliphatic carbocycles. The molecule has 15 heavy (non-hydrogen) atoms. The predicted molar refractivity (Wildman–Crippen MR) is 47.0 cm³/mol. The number of benzene rings is 1. The van der Waals surface area contributed by atoms with Gasteiger partial charge in [-0.15, -0.1) is 0 Å². The van der Waals surface area contributed by atoms with Crippen LogP contribution in [0.15, 0.2) is 10.5 Å². The zero-order valence-corrected chi connectivity index (χ0v) is 8.67. The Morgan fingerprint density at radius 2 is 1.93 bits per heavy atom. The minimum absolute atomic E-state index is 0.0121. The number of fused-ring (bicyclic) bond motifs is 1. The molecule has 0 unspecified atom stereocenters. The van der Waals surface area contributed by atoms with Crippen LogP contribution in [0, 0.1) is 11.6 Å². The van der Waals surface area contributed by atoms with Gasteiger partial charge in [0.05, 0.1) is 5.56 Å². The second-order valence-corrected chi connectivity index (χ2v) is 4.07. The summed E-state index contributed by atoms with van der Waals surface area (Å²) in [6.45, 7) is 0. The normalized spacial score (nSPS) is 18.1. The Kier molecular flexibility index (Phi) is 2.15. The summed E-state index contributed by atoms with van der Waals surface area (Å²) >= 11 is 2.82. The van der Waals surface area contributed by atoms with Gasteiger partial charge in [0.25, 0.3) is 0 Å². The number of rotatable bonds is 0. The van der Waals surface area contributed by atoms with E-state index in [0.29, 0.717) is 0 Å². The highest BCUT2D eigenvalue weighted by Crippen LogP contribution is 2.40. The maximum Gasteiger partial charge on any atom is 0.313 e. The van der Waals surface area contributed by atoms with E-state index in [1.807, 2.05) is 0 Å². The summed E-state index contributed by atoms with van der Waals surface area (Å²) in [6, 6.07) is 0.739. The van der Waals surface area contributed by atoms with Crippen LogP contribution in [0.4, 0.5) is 17.6 Å². The van der Waals surface area contributed by atoms with Crippen LogP contribution in [0.1, 0.15) is 15.9 Å². The Morgan fingerprint density at radius 1 is 1.33 bits per heavy atom. The Balaban J connectivity index is 2.75. The summed E-state index contributed by atoms with van der Waals surface area (Å²) < 4.78 is 51.9. The van der Waals surface area contributed by atoms with E-state index in [4.69, 9.17) is 0 Å². The summed E-state index contributed by atoms with van der Waals surface area (Å²) in [5, 5.41) is 0. The molecule has 0 aromatic heterocycles. The molecular formula is C9H3BrF4O. The molecule has 0 fully saturated rings. The van der Waals surface area contributed by atoms with Gasteiger partial charge < -0.3 is 0 Å². The fourth-order valence-electron chi connectivity index (χ4n) is 1.53. The SMILES string of the molecule is O=C1c2c(F)c(F)cc(Br)c2CC1(F)F. The van der Waals surface area contributed by atoms with Crippen molar-refractivity contribution in [3.63, 3.8) is 0 Å². The molecule has 0 aliphatic heterocycles. The standard InChI is InChI=1S/C9H3BrF4O/c10-4-1-5(11)7(12)6-3(4)2-9(13,14)8(6)15/h1H,2H2. The van der Waals surface area contributed by atoms with Crippen LogP contribution >= 0.6 is 15.9 Å². The number of carbonyl (C=O) groups excluding carboxylic acids is 1. The highest BCUT2D eigenvalue weighted by Gasteiger charge is 2.49. The molecule has 0 saturated carbocycles. The van der Waals surface area contributed by atoms with Crippen molar-refractivity contribution in [1.29, 1.82) is 0 Å². The van der Waals surface area contributed by atoms with E-state index in [9.17, 15) is 22.4 Å². The minimum atomic E-state index is -3.64. The van der Waals surface area contributed by atoms with Gasteiger partial charge in [-0.25, -0.2) is 8.78 Å². The van der Waals surface area contributed by atoms with Gasteiger partial charge in [-0.2, -0.15) is 8.78 Å². The Hall–Kier alpha value is -0.910. The average Bonchev–Trinajstić information content (AvgIpc) is 2.36. The van der Waals surface area contributed by atoms with Gasteiger partial charge in [-0.05, 0) is 11.6 Å². The van der Waals surface area contributed by atoms with Gasteiger partial charge in [0.15, 0.2) is 11.6 Å². The molecule has 1 aromatic rings. The van der Waals surface area contributed by atoms with E-state index in [0.717, 1.165) is 6.07 Å². The number of hydrogen-bond donors (Lipinski definition) is 0. The lowest BCUT2D eigenvalue weighted by molar-refractivity contribution is 0.0165. The number of halogens is 5. The molecule has 1 aliphatic rings. The number of ketones is 1. The molecule has 0 saturated heterocycles. The zero-order valence-electron chi connectivity index (χ0n) is 7.08. The maximum absolute atomic E-state index is 13.1. The molecule has 0 spiro atoms. The molecule has 0 bridgehead atoms. The van der Waals surface area contributed by atoms with Gasteiger partial charge in [-0.3, -0.25) is 4.79 Å². The first-order valence-corrected chi connectivity index (χ1v) is 4.73. The average molecular weight is 283 g/mol. The van der Waals surface area contributed by atoms with E-state index >= 15 is 0 Å². The zero-order chi connectivity index (χ0) is 11.4. The van der Waals surface area contributed by atoms with Gasteiger partial charge in [0, 0.05) is 10.9 Å². The molecule has 2 rings (SSSR count). The third kappa shape index (κ3) is 1.39. The largest absolute Gasteiger partial charge is 0.313 e. The summed E-state index contributed by atoms with van der Waals surface area (Å²) in [6.07, 6.45) is -0.890. The lowest BCUT2D eigenvalue weighted by Gasteiger charge is -2.03. The second kappa shape index (κ2) is 3.04. The molecule has 0 radical (unpaired) electrons. The van der Waals surface area contributed by atoms with Crippen LogP contribution in [0.25, 0.3) is 0 Å². The van der Waals surface area contributed by atoms with E-state index in [-0.39, 0.29) is 10.0 Å². The van der Waals surface area contributed by atoms with Crippen LogP contribution in [-0.4, -0.2) is 11.7 Å². The van der Waals surface area contributed by atoms with E-state index in [1.165, 1.54) is 0 Å². The number of carbonyl (C=O) groups is 1. The Labute approximate surface area is 90.2 Å². The lowest BCUT2D eigenvalue weighted by atomic mass is 10.1. The van der Waals surface area contributed by atoms with Crippen LogP contribution < -0.4 is 0 Å². The summed E-state index contributed by atoms with van der Waals surface area (Å²) in [5.74, 6) is -8.11. The maximum atomic E-state index is 13.1. The number of hydrogen-bond acceptors (Lipinski definition) is 1. The molecule has 1 nitrogen and oxygen atoms in total. The molecule has 0 heterocycles. The van der Waals surface area contributed by atoms with E-state index in [1.54, 1.807) is 0 Å². The van der Waals surface area contributed by atoms with Crippen molar-refractivity contribution < 1.29 is 22.4 Å². The summed E-state index contributed by atoms with van der Waals surface area (Å²) in [5.41, 5.74) is -1.02. The molecule has 6 heteroatoms. The topological polar surface area (TPSA) is 17.1 Å². The highest BCUT2D eigenvalue weighted by atomic mass is 79.9. The number of Topliss-reactive ketones (excluding diaryl/α,β-unsaturated/α-hetero) is 1. The van der Waals surface area contributed by atoms with Crippen molar-refractivity contribution in [1.82, 2.24) is 0 Å². The summed E-state index contributed by atoms with van der Waals surface area (Å²) in [7, 11) is 0. The van der Waals surface area contributed by atoms with Crippen LogP contribution in [-0.2, 0) is 6.42 Å². The quantitative estimate of drug-likeness (QED) is 0.528. The van der Waals surface area contributed by atoms with E-state index in [2.05, 4.69) is 15.9 Å². The third-order valence-electron chi connectivity index (χ3n) is 2.23. The van der Waals surface area contributed by atoms with E-state index < -0.39 is 35.3 Å². The molecule has 0 amide bonds. The van der Waals surface area contributed by atoms with Crippen LogP contribution in [0.5, 0.6) is 0 Å². The van der Waals surface area contributed by atoms with Crippen molar-refractivity contribution in [3.05, 3.63) is 33.3 Å². The Morgan fingerprint density at radius 3 is 2.53 bits per heavy atom. The summed E-state index contributed by atoms with van der Waals surface area (Å²) in [4.78, 5) is 11.1. The van der Waals surface area contributed by atoms with Crippen LogP contribution in [0.2, 0.25) is 0 Å². The molecule has 1 aromatic carbocycles. The van der Waals surface area contributed by atoms with Gasteiger partial charge in [0.2, 0.25) is 5.78 Å². The van der Waals surface area contributed by atoms with Crippen molar-refractivity contribution in [3.8, 4) is 0 Å². The Bertz CT molecular complexity index is 470. The van der Waals surface area contributed by atoms with Gasteiger partial charge in [-0.1, -0.05) is 15.9 Å². The molecular weight excluding hydrogens is 280 g/mol. The second-order valence-electron chi connectivity index (χ2n) is 3.22.